The van der Waals surface area contributed by atoms with Crippen LogP contribution in [0.4, 0.5) is 0 Å². The Kier molecular flexibility index (Phi) is 7.89. The SMILES string of the molecule is CN=C(NCCCn1c(C)nc2ccccc21)NCC(c1ccc(OC)cc1)N(C)C. The zero-order valence-corrected chi connectivity index (χ0v) is 19.2. The quantitative estimate of drug-likeness (QED) is 0.315. The van der Waals surface area contributed by atoms with E-state index in [4.69, 9.17) is 4.74 Å². The molecule has 0 saturated heterocycles. The predicted molar refractivity (Wildman–Crippen MR) is 128 cm³/mol. The minimum atomic E-state index is 0.226. The molecule has 3 aromatic rings. The van der Waals surface area contributed by atoms with Crippen molar-refractivity contribution in [3.8, 4) is 5.75 Å². The molecule has 0 amide bonds. The molecule has 0 aliphatic heterocycles. The van der Waals surface area contributed by atoms with Gasteiger partial charge in [-0.25, -0.2) is 4.98 Å². The number of nitrogens with zero attached hydrogens (tertiary/aromatic N) is 4. The molecule has 0 bridgehead atoms. The van der Waals surface area contributed by atoms with Crippen molar-refractivity contribution in [3.05, 3.63) is 59.9 Å². The van der Waals surface area contributed by atoms with E-state index in [1.165, 1.54) is 11.1 Å². The summed E-state index contributed by atoms with van der Waals surface area (Å²) in [6, 6.07) is 16.7. The van der Waals surface area contributed by atoms with Crippen LogP contribution in [0.1, 0.15) is 23.9 Å². The summed E-state index contributed by atoms with van der Waals surface area (Å²) in [5.74, 6) is 2.73. The summed E-state index contributed by atoms with van der Waals surface area (Å²) in [5.41, 5.74) is 3.48. The molecule has 3 rings (SSSR count). The molecule has 0 aliphatic carbocycles. The van der Waals surface area contributed by atoms with Crippen molar-refractivity contribution < 1.29 is 4.74 Å². The number of hydrogen-bond donors (Lipinski definition) is 2. The second kappa shape index (κ2) is 10.8. The monoisotopic (exact) mass is 422 g/mol. The Morgan fingerprint density at radius 3 is 2.55 bits per heavy atom. The minimum absolute atomic E-state index is 0.226. The zero-order valence-electron chi connectivity index (χ0n) is 19.2. The highest BCUT2D eigenvalue weighted by Crippen LogP contribution is 2.20. The van der Waals surface area contributed by atoms with E-state index in [1.54, 1.807) is 14.2 Å². The van der Waals surface area contributed by atoms with Crippen LogP contribution in [-0.2, 0) is 6.54 Å². The van der Waals surface area contributed by atoms with Crippen molar-refractivity contribution in [2.45, 2.75) is 25.9 Å². The number of ether oxygens (including phenoxy) is 1. The van der Waals surface area contributed by atoms with E-state index >= 15 is 0 Å². The highest BCUT2D eigenvalue weighted by Gasteiger charge is 2.15. The molecule has 31 heavy (non-hydrogen) atoms. The molecule has 1 heterocycles. The van der Waals surface area contributed by atoms with Crippen LogP contribution in [0.3, 0.4) is 0 Å². The van der Waals surface area contributed by atoms with Crippen molar-refractivity contribution in [2.75, 3.05) is 41.3 Å². The second-order valence-corrected chi connectivity index (χ2v) is 7.79. The largest absolute Gasteiger partial charge is 0.497 e. The van der Waals surface area contributed by atoms with Crippen LogP contribution in [-0.4, -0.2) is 61.8 Å². The fraction of sp³-hybridized carbons (Fsp3) is 0.417. The number of fused-ring (bicyclic) bond motifs is 1. The van der Waals surface area contributed by atoms with E-state index in [2.05, 4.69) is 81.4 Å². The molecular weight excluding hydrogens is 388 g/mol. The van der Waals surface area contributed by atoms with Gasteiger partial charge in [0.05, 0.1) is 24.2 Å². The fourth-order valence-corrected chi connectivity index (χ4v) is 3.76. The van der Waals surface area contributed by atoms with Gasteiger partial charge in [-0.15, -0.1) is 0 Å². The normalized spacial score (nSPS) is 12.9. The van der Waals surface area contributed by atoms with Crippen molar-refractivity contribution >= 4 is 17.0 Å². The third-order valence-electron chi connectivity index (χ3n) is 5.51. The first-order valence-corrected chi connectivity index (χ1v) is 10.7. The summed E-state index contributed by atoms with van der Waals surface area (Å²) in [6.07, 6.45) is 0.984. The molecular formula is C24H34N6O. The number of para-hydroxylation sites is 2. The fourth-order valence-electron chi connectivity index (χ4n) is 3.76. The lowest BCUT2D eigenvalue weighted by Gasteiger charge is -2.26. The van der Waals surface area contributed by atoms with Crippen LogP contribution in [0.2, 0.25) is 0 Å². The van der Waals surface area contributed by atoms with Crippen molar-refractivity contribution in [2.24, 2.45) is 4.99 Å². The van der Waals surface area contributed by atoms with Gasteiger partial charge in [-0.05, 0) is 57.3 Å². The van der Waals surface area contributed by atoms with Gasteiger partial charge >= 0.3 is 0 Å². The third-order valence-corrected chi connectivity index (χ3v) is 5.51. The molecule has 2 N–H and O–H groups in total. The first kappa shape index (κ1) is 22.6. The van der Waals surface area contributed by atoms with Gasteiger partial charge in [0.25, 0.3) is 0 Å². The molecule has 1 unspecified atom stereocenters. The van der Waals surface area contributed by atoms with Gasteiger partial charge in [-0.3, -0.25) is 4.99 Å². The topological polar surface area (TPSA) is 66.7 Å². The second-order valence-electron chi connectivity index (χ2n) is 7.79. The molecule has 1 atom stereocenters. The average Bonchev–Trinajstić information content (AvgIpc) is 3.10. The number of likely N-dealkylation sites (N-methyl/N-ethyl adjacent to an activating group) is 1. The Bertz CT molecular complexity index is 993. The molecule has 1 aromatic heterocycles. The van der Waals surface area contributed by atoms with Crippen LogP contribution < -0.4 is 15.4 Å². The van der Waals surface area contributed by atoms with E-state index in [0.717, 1.165) is 49.1 Å². The van der Waals surface area contributed by atoms with Gasteiger partial charge in [-0.2, -0.15) is 0 Å². The Hall–Kier alpha value is -3.06. The number of aryl methyl sites for hydroxylation is 2. The third kappa shape index (κ3) is 5.76. The van der Waals surface area contributed by atoms with E-state index in [9.17, 15) is 0 Å². The number of rotatable bonds is 9. The number of aromatic nitrogens is 2. The molecule has 166 valence electrons. The number of nitrogens with one attached hydrogen (secondary N) is 2. The lowest BCUT2D eigenvalue weighted by molar-refractivity contribution is 0.298. The summed E-state index contributed by atoms with van der Waals surface area (Å²) in [7, 11) is 7.67. The lowest BCUT2D eigenvalue weighted by Crippen LogP contribution is -2.42. The maximum atomic E-state index is 5.27. The lowest BCUT2D eigenvalue weighted by atomic mass is 10.1. The first-order chi connectivity index (χ1) is 15.0. The van der Waals surface area contributed by atoms with E-state index in [0.29, 0.717) is 0 Å². The molecule has 0 fully saturated rings. The van der Waals surface area contributed by atoms with Crippen molar-refractivity contribution in [1.29, 1.82) is 0 Å². The number of aliphatic imine (C=N–C) groups is 1. The number of guanidine groups is 1. The Morgan fingerprint density at radius 1 is 1.13 bits per heavy atom. The van der Waals surface area contributed by atoms with E-state index in [1.807, 2.05) is 18.2 Å². The molecule has 0 saturated carbocycles. The molecule has 7 heteroatoms. The van der Waals surface area contributed by atoms with Crippen LogP contribution in [0.25, 0.3) is 11.0 Å². The summed E-state index contributed by atoms with van der Waals surface area (Å²) in [5, 5.41) is 6.89. The van der Waals surface area contributed by atoms with Gasteiger partial charge in [0.2, 0.25) is 0 Å². The molecule has 2 aromatic carbocycles. The highest BCUT2D eigenvalue weighted by molar-refractivity contribution is 5.79. The highest BCUT2D eigenvalue weighted by atomic mass is 16.5. The van der Waals surface area contributed by atoms with Crippen molar-refractivity contribution in [1.82, 2.24) is 25.1 Å². The number of methoxy groups -OCH3 is 1. The molecule has 0 spiro atoms. The van der Waals surface area contributed by atoms with Gasteiger partial charge in [0, 0.05) is 26.7 Å². The first-order valence-electron chi connectivity index (χ1n) is 10.7. The van der Waals surface area contributed by atoms with Gasteiger partial charge in [0.1, 0.15) is 11.6 Å². The van der Waals surface area contributed by atoms with Crippen LogP contribution >= 0.6 is 0 Å². The molecule has 0 aliphatic rings. The minimum Gasteiger partial charge on any atom is -0.497 e. The van der Waals surface area contributed by atoms with Gasteiger partial charge in [-0.1, -0.05) is 24.3 Å². The van der Waals surface area contributed by atoms with Gasteiger partial charge < -0.3 is 24.8 Å². The Morgan fingerprint density at radius 2 is 1.87 bits per heavy atom. The number of hydrogen-bond acceptors (Lipinski definition) is 4. The van der Waals surface area contributed by atoms with E-state index in [-0.39, 0.29) is 6.04 Å². The average molecular weight is 423 g/mol. The van der Waals surface area contributed by atoms with Crippen LogP contribution in [0.15, 0.2) is 53.5 Å². The van der Waals surface area contributed by atoms with Crippen molar-refractivity contribution in [3.63, 3.8) is 0 Å². The van der Waals surface area contributed by atoms with Crippen LogP contribution in [0, 0.1) is 6.92 Å². The van der Waals surface area contributed by atoms with E-state index < -0.39 is 0 Å². The predicted octanol–water partition coefficient (Wildman–Crippen LogP) is 3.21. The Labute approximate surface area is 185 Å². The van der Waals surface area contributed by atoms with Gasteiger partial charge in [0.15, 0.2) is 5.96 Å². The zero-order chi connectivity index (χ0) is 22.2. The summed E-state index contributed by atoms with van der Waals surface area (Å²) >= 11 is 0. The number of imidazole rings is 1. The molecule has 0 radical (unpaired) electrons. The summed E-state index contributed by atoms with van der Waals surface area (Å²) in [6.45, 7) is 4.57. The maximum absolute atomic E-state index is 5.27. The number of benzene rings is 2. The molecule has 7 nitrogen and oxygen atoms in total. The standard InChI is InChI=1S/C24H34N6O/c1-18-28-21-9-6-7-10-22(21)30(18)16-8-15-26-24(25-2)27-17-23(29(3)4)19-11-13-20(31-5)14-12-19/h6-7,9-14,23H,8,15-17H2,1-5H3,(H2,25,26,27). The Balaban J connectivity index is 1.50. The maximum Gasteiger partial charge on any atom is 0.191 e. The smallest absolute Gasteiger partial charge is 0.191 e. The van der Waals surface area contributed by atoms with Crippen LogP contribution in [0.5, 0.6) is 5.75 Å². The summed E-state index contributed by atoms with van der Waals surface area (Å²) < 4.78 is 7.55. The summed E-state index contributed by atoms with van der Waals surface area (Å²) in [4.78, 5) is 11.2.